The molecule has 3 aliphatic rings. The van der Waals surface area contributed by atoms with Gasteiger partial charge in [-0.2, -0.15) is 5.26 Å². The predicted molar refractivity (Wildman–Crippen MR) is 133 cm³/mol. The molecule has 2 aromatic heterocycles. The van der Waals surface area contributed by atoms with Gasteiger partial charge in [0.25, 0.3) is 0 Å². The van der Waals surface area contributed by atoms with Crippen LogP contribution in [0.5, 0.6) is 0 Å². The zero-order valence-electron chi connectivity index (χ0n) is 21.0. The molecule has 1 saturated heterocycles. The van der Waals surface area contributed by atoms with E-state index in [4.69, 9.17) is 14.7 Å². The van der Waals surface area contributed by atoms with E-state index < -0.39 is 5.60 Å². The van der Waals surface area contributed by atoms with E-state index in [0.29, 0.717) is 25.2 Å². The smallest absolute Gasteiger partial charge is 0.410 e. The van der Waals surface area contributed by atoms with Crippen molar-refractivity contribution in [1.29, 1.82) is 5.26 Å². The number of carbonyl (C=O) groups excluding carboxylic acids is 1. The number of aromatic nitrogens is 3. The Bertz CT molecular complexity index is 1170. The van der Waals surface area contributed by atoms with E-state index in [9.17, 15) is 10.1 Å². The van der Waals surface area contributed by atoms with E-state index >= 15 is 0 Å². The van der Waals surface area contributed by atoms with Gasteiger partial charge in [0, 0.05) is 49.9 Å². The zero-order chi connectivity index (χ0) is 24.8. The summed E-state index contributed by atoms with van der Waals surface area (Å²) in [6, 6.07) is 5.77. The Labute approximate surface area is 206 Å². The maximum absolute atomic E-state index is 12.8. The average Bonchev–Trinajstić information content (AvgIpc) is 3.04. The van der Waals surface area contributed by atoms with E-state index in [1.807, 2.05) is 31.7 Å². The minimum Gasteiger partial charge on any atom is -0.444 e. The summed E-state index contributed by atoms with van der Waals surface area (Å²) in [5.41, 5.74) is 1.25. The highest BCUT2D eigenvalue weighted by atomic mass is 16.6. The van der Waals surface area contributed by atoms with Gasteiger partial charge >= 0.3 is 6.09 Å². The molecule has 184 valence electrons. The molecule has 9 nitrogen and oxygen atoms in total. The van der Waals surface area contributed by atoms with Gasteiger partial charge in [-0.15, -0.1) is 0 Å². The van der Waals surface area contributed by atoms with Crippen LogP contribution in [0.3, 0.4) is 0 Å². The normalized spacial score (nSPS) is 21.2. The number of fused-ring (bicyclic) bond motifs is 2. The summed E-state index contributed by atoms with van der Waals surface area (Å²) in [5.74, 6) is 2.86. The molecule has 35 heavy (non-hydrogen) atoms. The van der Waals surface area contributed by atoms with Crippen molar-refractivity contribution in [1.82, 2.24) is 19.9 Å². The van der Waals surface area contributed by atoms with Gasteiger partial charge in [0.2, 0.25) is 0 Å². The van der Waals surface area contributed by atoms with Crippen molar-refractivity contribution in [2.75, 3.05) is 42.5 Å². The van der Waals surface area contributed by atoms with Crippen molar-refractivity contribution in [3.8, 4) is 6.07 Å². The van der Waals surface area contributed by atoms with E-state index in [-0.39, 0.29) is 17.4 Å². The second-order valence-corrected chi connectivity index (χ2v) is 11.1. The lowest BCUT2D eigenvalue weighted by atomic mass is 9.66. The SMILES string of the molecule is CC1CN(C(=O)OC(C)(C)C)CCN(c2ncnc3c2C2(CCC2)CN3c2cc(C#N)ccn2)C1. The first-order chi connectivity index (χ1) is 16.7. The third kappa shape index (κ3) is 4.38. The standard InChI is InChI=1S/C26H33N7O2/c1-18-14-31(10-11-32(15-18)24(34)35-25(2,3)4)22-21-23(30-17-29-22)33(16-26(21)7-5-8-26)20-12-19(13-27)6-9-28-20/h6,9,12,17-18H,5,7-8,10-11,14-16H2,1-4H3. The quantitative estimate of drug-likeness (QED) is 0.643. The van der Waals surface area contributed by atoms with Gasteiger partial charge in [-0.25, -0.2) is 19.7 Å². The number of nitriles is 1. The number of anilines is 3. The number of pyridine rings is 1. The van der Waals surface area contributed by atoms with Crippen LogP contribution in [0.2, 0.25) is 0 Å². The van der Waals surface area contributed by atoms with Crippen LogP contribution in [0.25, 0.3) is 0 Å². The molecule has 1 atom stereocenters. The van der Waals surface area contributed by atoms with Crippen molar-refractivity contribution in [2.45, 2.75) is 58.0 Å². The van der Waals surface area contributed by atoms with Crippen LogP contribution in [0.1, 0.15) is 58.1 Å². The molecule has 0 aromatic carbocycles. The Morgan fingerprint density at radius 1 is 1.17 bits per heavy atom. The molecule has 1 amide bonds. The lowest BCUT2D eigenvalue weighted by Gasteiger charge is -2.40. The maximum Gasteiger partial charge on any atom is 0.410 e. The van der Waals surface area contributed by atoms with E-state index in [0.717, 1.165) is 43.4 Å². The third-order valence-electron chi connectivity index (χ3n) is 7.17. The number of carbonyl (C=O) groups is 1. The number of hydrogen-bond acceptors (Lipinski definition) is 8. The topological polar surface area (TPSA) is 98.5 Å². The fourth-order valence-electron chi connectivity index (χ4n) is 5.50. The number of amides is 1. The summed E-state index contributed by atoms with van der Waals surface area (Å²) in [4.78, 5) is 33.1. The molecule has 1 aliphatic carbocycles. The number of rotatable bonds is 2. The Hall–Kier alpha value is -3.41. The molecule has 9 heteroatoms. The first kappa shape index (κ1) is 23.3. The van der Waals surface area contributed by atoms with Crippen molar-refractivity contribution in [2.24, 2.45) is 5.92 Å². The molecule has 0 radical (unpaired) electrons. The first-order valence-corrected chi connectivity index (χ1v) is 12.4. The van der Waals surface area contributed by atoms with Gasteiger partial charge < -0.3 is 19.4 Å². The van der Waals surface area contributed by atoms with Gasteiger partial charge in [0.1, 0.15) is 29.4 Å². The largest absolute Gasteiger partial charge is 0.444 e. The van der Waals surface area contributed by atoms with Gasteiger partial charge in [0.15, 0.2) is 0 Å². The molecule has 0 bridgehead atoms. The minimum atomic E-state index is -0.517. The lowest BCUT2D eigenvalue weighted by molar-refractivity contribution is 0.0245. The van der Waals surface area contributed by atoms with Crippen LogP contribution in [0.4, 0.5) is 22.2 Å². The van der Waals surface area contributed by atoms with Crippen LogP contribution < -0.4 is 9.80 Å². The monoisotopic (exact) mass is 475 g/mol. The van der Waals surface area contributed by atoms with Crippen LogP contribution >= 0.6 is 0 Å². The number of ether oxygens (including phenoxy) is 1. The van der Waals surface area contributed by atoms with E-state index in [1.165, 1.54) is 12.0 Å². The lowest BCUT2D eigenvalue weighted by Crippen LogP contribution is -2.41. The van der Waals surface area contributed by atoms with E-state index in [1.54, 1.807) is 18.6 Å². The second-order valence-electron chi connectivity index (χ2n) is 11.1. The van der Waals surface area contributed by atoms with Gasteiger partial charge in [-0.1, -0.05) is 13.3 Å². The molecule has 5 rings (SSSR count). The molecule has 2 fully saturated rings. The second kappa shape index (κ2) is 8.67. The first-order valence-electron chi connectivity index (χ1n) is 12.4. The molecule has 0 N–H and O–H groups in total. The molecular formula is C26H33N7O2. The van der Waals surface area contributed by atoms with Crippen LogP contribution in [-0.4, -0.2) is 64.3 Å². The summed E-state index contributed by atoms with van der Waals surface area (Å²) < 4.78 is 5.64. The Morgan fingerprint density at radius 2 is 1.94 bits per heavy atom. The highest BCUT2D eigenvalue weighted by molar-refractivity contribution is 5.75. The molecule has 1 unspecified atom stereocenters. The zero-order valence-corrected chi connectivity index (χ0v) is 21.0. The highest BCUT2D eigenvalue weighted by Gasteiger charge is 2.51. The molecule has 1 spiro atoms. The van der Waals surface area contributed by atoms with Gasteiger partial charge in [-0.3, -0.25) is 0 Å². The molecular weight excluding hydrogens is 442 g/mol. The van der Waals surface area contributed by atoms with Crippen LogP contribution in [0.15, 0.2) is 24.7 Å². The number of hydrogen-bond donors (Lipinski definition) is 0. The van der Waals surface area contributed by atoms with Gasteiger partial charge in [-0.05, 0) is 51.7 Å². The third-order valence-corrected chi connectivity index (χ3v) is 7.17. The summed E-state index contributed by atoms with van der Waals surface area (Å²) in [6.07, 6.45) is 6.40. The van der Waals surface area contributed by atoms with E-state index in [2.05, 4.69) is 27.8 Å². The Morgan fingerprint density at radius 3 is 2.63 bits per heavy atom. The average molecular weight is 476 g/mol. The molecule has 2 aliphatic heterocycles. The minimum absolute atomic E-state index is 0.00332. The van der Waals surface area contributed by atoms with Crippen LogP contribution in [0, 0.1) is 17.2 Å². The summed E-state index contributed by atoms with van der Waals surface area (Å²) >= 11 is 0. The molecule has 2 aromatic rings. The van der Waals surface area contributed by atoms with Crippen molar-refractivity contribution >= 4 is 23.5 Å². The van der Waals surface area contributed by atoms with Crippen molar-refractivity contribution in [3.63, 3.8) is 0 Å². The maximum atomic E-state index is 12.8. The Balaban J connectivity index is 1.47. The van der Waals surface area contributed by atoms with Crippen molar-refractivity contribution < 1.29 is 9.53 Å². The fourth-order valence-corrected chi connectivity index (χ4v) is 5.50. The van der Waals surface area contributed by atoms with Gasteiger partial charge in [0.05, 0.1) is 11.6 Å². The Kier molecular flexibility index (Phi) is 5.78. The number of nitrogens with zero attached hydrogens (tertiary/aromatic N) is 7. The summed E-state index contributed by atoms with van der Waals surface area (Å²) in [7, 11) is 0. The summed E-state index contributed by atoms with van der Waals surface area (Å²) in [6.45, 7) is 11.4. The summed E-state index contributed by atoms with van der Waals surface area (Å²) in [5, 5.41) is 9.38. The predicted octanol–water partition coefficient (Wildman–Crippen LogP) is 4.01. The molecule has 1 saturated carbocycles. The molecule has 4 heterocycles. The van der Waals surface area contributed by atoms with Crippen LogP contribution in [-0.2, 0) is 10.2 Å². The van der Waals surface area contributed by atoms with Crippen molar-refractivity contribution in [3.05, 3.63) is 35.8 Å². The highest BCUT2D eigenvalue weighted by Crippen LogP contribution is 2.56. The fraction of sp³-hybridized carbons (Fsp3) is 0.577.